The molecule has 1 N–H and O–H groups in total. The Balaban J connectivity index is 1.66. The van der Waals surface area contributed by atoms with Crippen LogP contribution in [-0.4, -0.2) is 37.8 Å². The molecule has 4 nitrogen and oxygen atoms in total. The van der Waals surface area contributed by atoms with Crippen molar-refractivity contribution in [2.75, 3.05) is 31.8 Å². The largest absolute Gasteiger partial charge is 0.497 e. The molecule has 1 atom stereocenters. The number of anilines is 1. The van der Waals surface area contributed by atoms with Crippen molar-refractivity contribution >= 4 is 5.69 Å². The fourth-order valence-electron chi connectivity index (χ4n) is 2.54. The number of nitrogens with one attached hydrogen (secondary N) is 1. The van der Waals surface area contributed by atoms with Crippen molar-refractivity contribution in [1.82, 2.24) is 10.2 Å². The lowest BCUT2D eigenvalue weighted by molar-refractivity contribution is 0.315. The Hall–Kier alpha value is -1.68. The average Bonchev–Trinajstić information content (AvgIpc) is 3.09. The molecule has 0 spiro atoms. The molecule has 96 valence electrons. The molecule has 2 heterocycles. The monoisotopic (exact) mass is 245 g/mol. The van der Waals surface area contributed by atoms with E-state index in [1.807, 2.05) is 12.1 Å². The van der Waals surface area contributed by atoms with Gasteiger partial charge in [-0.2, -0.15) is 0 Å². The van der Waals surface area contributed by atoms with Crippen LogP contribution < -0.4 is 15.0 Å². The Morgan fingerprint density at radius 3 is 2.72 bits per heavy atom. The first kappa shape index (κ1) is 11.4. The summed E-state index contributed by atoms with van der Waals surface area (Å²) in [5.41, 5.74) is 1.21. The Bertz CT molecular complexity index is 423. The first-order valence-corrected chi connectivity index (χ1v) is 6.42. The highest BCUT2D eigenvalue weighted by molar-refractivity contribution is 5.52. The summed E-state index contributed by atoms with van der Waals surface area (Å²) >= 11 is 0. The zero-order chi connectivity index (χ0) is 12.4. The van der Waals surface area contributed by atoms with Crippen LogP contribution in [0.25, 0.3) is 0 Å². The van der Waals surface area contributed by atoms with Gasteiger partial charge in [0.05, 0.1) is 13.8 Å². The van der Waals surface area contributed by atoms with Gasteiger partial charge in [-0.25, -0.2) is 0 Å². The smallest absolute Gasteiger partial charge is 0.119 e. The van der Waals surface area contributed by atoms with Crippen LogP contribution in [0.2, 0.25) is 0 Å². The van der Waals surface area contributed by atoms with Gasteiger partial charge in [0.2, 0.25) is 0 Å². The Kier molecular flexibility index (Phi) is 3.11. The molecule has 1 fully saturated rings. The summed E-state index contributed by atoms with van der Waals surface area (Å²) in [6, 6.07) is 8.84. The third-order valence-corrected chi connectivity index (χ3v) is 3.66. The lowest BCUT2D eigenvalue weighted by atomic mass is 10.2. The van der Waals surface area contributed by atoms with E-state index >= 15 is 0 Å². The number of benzene rings is 1. The summed E-state index contributed by atoms with van der Waals surface area (Å²) in [4.78, 5) is 4.67. The Labute approximate surface area is 108 Å². The molecule has 0 aromatic heterocycles. The molecule has 18 heavy (non-hydrogen) atoms. The molecule has 0 aliphatic carbocycles. The van der Waals surface area contributed by atoms with Crippen molar-refractivity contribution < 1.29 is 4.74 Å². The van der Waals surface area contributed by atoms with Gasteiger partial charge in [-0.3, -0.25) is 0 Å². The van der Waals surface area contributed by atoms with Crippen molar-refractivity contribution in [3.05, 3.63) is 36.7 Å². The maximum Gasteiger partial charge on any atom is 0.119 e. The van der Waals surface area contributed by atoms with Crippen LogP contribution in [0.1, 0.15) is 6.42 Å². The van der Waals surface area contributed by atoms with Crippen LogP contribution in [0.15, 0.2) is 36.7 Å². The summed E-state index contributed by atoms with van der Waals surface area (Å²) in [5, 5.41) is 3.41. The van der Waals surface area contributed by atoms with E-state index in [0.717, 1.165) is 25.5 Å². The lowest BCUT2D eigenvalue weighted by Crippen LogP contribution is -2.35. The minimum absolute atomic E-state index is 0.643. The quantitative estimate of drug-likeness (QED) is 0.875. The second kappa shape index (κ2) is 4.90. The Morgan fingerprint density at radius 1 is 1.22 bits per heavy atom. The summed E-state index contributed by atoms with van der Waals surface area (Å²) in [5.74, 6) is 0.902. The van der Waals surface area contributed by atoms with Gasteiger partial charge in [0, 0.05) is 30.7 Å². The van der Waals surface area contributed by atoms with Gasteiger partial charge in [0.1, 0.15) is 5.75 Å². The van der Waals surface area contributed by atoms with Gasteiger partial charge in [0.25, 0.3) is 0 Å². The van der Waals surface area contributed by atoms with Crippen LogP contribution in [0.4, 0.5) is 5.69 Å². The molecule has 1 aromatic carbocycles. The predicted molar refractivity (Wildman–Crippen MR) is 72.6 cm³/mol. The van der Waals surface area contributed by atoms with E-state index in [-0.39, 0.29) is 0 Å². The minimum Gasteiger partial charge on any atom is -0.497 e. The first-order chi connectivity index (χ1) is 8.86. The number of hydrogen-bond donors (Lipinski definition) is 1. The van der Waals surface area contributed by atoms with E-state index in [9.17, 15) is 0 Å². The van der Waals surface area contributed by atoms with Gasteiger partial charge >= 0.3 is 0 Å². The predicted octanol–water partition coefficient (Wildman–Crippen LogP) is 1.61. The summed E-state index contributed by atoms with van der Waals surface area (Å²) in [6.07, 6.45) is 5.59. The van der Waals surface area contributed by atoms with Gasteiger partial charge in [-0.1, -0.05) is 0 Å². The van der Waals surface area contributed by atoms with Crippen LogP contribution in [0.5, 0.6) is 5.75 Å². The first-order valence-electron chi connectivity index (χ1n) is 6.42. The molecular formula is C14H19N3O. The number of nitrogens with zero attached hydrogens (tertiary/aromatic N) is 2. The molecule has 1 aromatic rings. The molecule has 0 saturated carbocycles. The van der Waals surface area contributed by atoms with Crippen LogP contribution in [0, 0.1) is 0 Å². The van der Waals surface area contributed by atoms with E-state index in [1.54, 1.807) is 7.11 Å². The van der Waals surface area contributed by atoms with Crippen molar-refractivity contribution in [2.24, 2.45) is 0 Å². The highest BCUT2D eigenvalue weighted by Crippen LogP contribution is 2.24. The molecule has 0 unspecified atom stereocenters. The zero-order valence-electron chi connectivity index (χ0n) is 10.7. The SMILES string of the molecule is COc1ccc(N2C=CN([C@H]3CCNC3)C2)cc1. The molecule has 2 aliphatic rings. The van der Waals surface area contributed by atoms with Crippen molar-refractivity contribution in [2.45, 2.75) is 12.5 Å². The Morgan fingerprint density at radius 2 is 2.06 bits per heavy atom. The third kappa shape index (κ3) is 2.16. The van der Waals surface area contributed by atoms with Crippen LogP contribution in [-0.2, 0) is 0 Å². The standard InChI is InChI=1S/C14H19N3O/c1-18-14-4-2-12(3-5-14)16-8-9-17(11-16)13-6-7-15-10-13/h2-5,8-9,13,15H,6-7,10-11H2,1H3/t13-/m0/s1. The van der Waals surface area contributed by atoms with Crippen molar-refractivity contribution in [3.8, 4) is 5.75 Å². The van der Waals surface area contributed by atoms with Crippen LogP contribution in [0.3, 0.4) is 0 Å². The molecule has 4 heteroatoms. The number of methoxy groups -OCH3 is 1. The van der Waals surface area contributed by atoms with Gasteiger partial charge in [-0.05, 0) is 37.2 Å². The fraction of sp³-hybridized carbons (Fsp3) is 0.429. The van der Waals surface area contributed by atoms with Crippen molar-refractivity contribution in [3.63, 3.8) is 0 Å². The molecule has 0 bridgehead atoms. The maximum absolute atomic E-state index is 5.18. The second-order valence-electron chi connectivity index (χ2n) is 4.77. The summed E-state index contributed by atoms with van der Waals surface area (Å²) in [7, 11) is 1.69. The maximum atomic E-state index is 5.18. The normalized spacial score (nSPS) is 22.8. The average molecular weight is 245 g/mol. The molecular weight excluding hydrogens is 226 g/mol. The number of rotatable bonds is 3. The van der Waals surface area contributed by atoms with Gasteiger partial charge in [-0.15, -0.1) is 0 Å². The van der Waals surface area contributed by atoms with Crippen molar-refractivity contribution in [1.29, 1.82) is 0 Å². The number of hydrogen-bond acceptors (Lipinski definition) is 4. The van der Waals surface area contributed by atoms with E-state index in [1.165, 1.54) is 12.1 Å². The lowest BCUT2D eigenvalue weighted by Gasteiger charge is -2.26. The summed E-state index contributed by atoms with van der Waals surface area (Å²) < 4.78 is 5.18. The zero-order valence-corrected chi connectivity index (χ0v) is 10.7. The number of ether oxygens (including phenoxy) is 1. The minimum atomic E-state index is 0.643. The van der Waals surface area contributed by atoms with Gasteiger partial charge < -0.3 is 19.9 Å². The second-order valence-corrected chi connectivity index (χ2v) is 4.77. The molecule has 0 amide bonds. The molecule has 2 aliphatic heterocycles. The van der Waals surface area contributed by atoms with Crippen LogP contribution >= 0.6 is 0 Å². The van der Waals surface area contributed by atoms with E-state index < -0.39 is 0 Å². The molecule has 3 rings (SSSR count). The highest BCUT2D eigenvalue weighted by atomic mass is 16.5. The molecule has 0 radical (unpaired) electrons. The van der Waals surface area contributed by atoms with E-state index in [2.05, 4.69) is 39.6 Å². The fourth-order valence-corrected chi connectivity index (χ4v) is 2.54. The van der Waals surface area contributed by atoms with E-state index in [4.69, 9.17) is 4.74 Å². The van der Waals surface area contributed by atoms with E-state index in [0.29, 0.717) is 6.04 Å². The molecule has 1 saturated heterocycles. The van der Waals surface area contributed by atoms with Gasteiger partial charge in [0.15, 0.2) is 0 Å². The summed E-state index contributed by atoms with van der Waals surface area (Å²) in [6.45, 7) is 3.18. The topological polar surface area (TPSA) is 27.7 Å². The highest BCUT2D eigenvalue weighted by Gasteiger charge is 2.24. The third-order valence-electron chi connectivity index (χ3n) is 3.66.